The van der Waals surface area contributed by atoms with Crippen molar-refractivity contribution in [3.63, 3.8) is 0 Å². The highest BCUT2D eigenvalue weighted by Gasteiger charge is 2.37. The summed E-state index contributed by atoms with van der Waals surface area (Å²) in [5, 5.41) is 0. The Kier molecular flexibility index (Phi) is 4.14. The van der Waals surface area contributed by atoms with Crippen LogP contribution in [0.4, 0.5) is 0 Å². The zero-order chi connectivity index (χ0) is 13.3. The molecule has 1 aliphatic rings. The first kappa shape index (κ1) is 14.0. The quantitative estimate of drug-likeness (QED) is 0.852. The van der Waals surface area contributed by atoms with E-state index in [1.807, 2.05) is 6.07 Å². The van der Waals surface area contributed by atoms with Crippen LogP contribution in [0.2, 0.25) is 0 Å². The van der Waals surface area contributed by atoms with Crippen molar-refractivity contribution in [1.29, 1.82) is 0 Å². The third-order valence-electron chi connectivity index (χ3n) is 3.44. The van der Waals surface area contributed by atoms with Gasteiger partial charge < -0.3 is 0 Å². The van der Waals surface area contributed by atoms with Gasteiger partial charge in [-0.15, -0.1) is 0 Å². The van der Waals surface area contributed by atoms with Crippen LogP contribution in [0.15, 0.2) is 33.6 Å². The van der Waals surface area contributed by atoms with Gasteiger partial charge in [0, 0.05) is 17.1 Å². The van der Waals surface area contributed by atoms with Crippen LogP contribution in [0, 0.1) is 5.92 Å². The molecule has 1 aromatic rings. The second-order valence-electron chi connectivity index (χ2n) is 5.00. The van der Waals surface area contributed by atoms with Crippen molar-refractivity contribution in [2.75, 3.05) is 6.54 Å². The normalized spacial score (nSPS) is 21.7. The summed E-state index contributed by atoms with van der Waals surface area (Å²) in [5.74, 6) is 0.352. The fourth-order valence-electron chi connectivity index (χ4n) is 2.51. The molecule has 18 heavy (non-hydrogen) atoms. The van der Waals surface area contributed by atoms with Crippen molar-refractivity contribution in [2.24, 2.45) is 5.92 Å². The van der Waals surface area contributed by atoms with E-state index >= 15 is 0 Å². The topological polar surface area (TPSA) is 37.4 Å². The molecule has 1 atom stereocenters. The molecule has 3 nitrogen and oxygen atoms in total. The van der Waals surface area contributed by atoms with E-state index in [1.165, 1.54) is 0 Å². The Morgan fingerprint density at radius 1 is 1.33 bits per heavy atom. The van der Waals surface area contributed by atoms with E-state index < -0.39 is 10.0 Å². The average Bonchev–Trinajstić information content (AvgIpc) is 2.78. The summed E-state index contributed by atoms with van der Waals surface area (Å²) in [6.07, 6.45) is 1.91. The van der Waals surface area contributed by atoms with Crippen LogP contribution in [0.1, 0.15) is 26.7 Å². The summed E-state index contributed by atoms with van der Waals surface area (Å²) >= 11 is 3.33. The zero-order valence-electron chi connectivity index (χ0n) is 10.6. The van der Waals surface area contributed by atoms with Gasteiger partial charge in [0.2, 0.25) is 10.0 Å². The predicted molar refractivity (Wildman–Crippen MR) is 75.9 cm³/mol. The molecule has 0 bridgehead atoms. The van der Waals surface area contributed by atoms with Crippen LogP contribution in [-0.2, 0) is 10.0 Å². The van der Waals surface area contributed by atoms with Crippen LogP contribution >= 0.6 is 15.9 Å². The lowest BCUT2D eigenvalue weighted by atomic mass is 10.0. The molecule has 5 heteroatoms. The minimum Gasteiger partial charge on any atom is -0.207 e. The molecule has 0 N–H and O–H groups in total. The third kappa shape index (κ3) is 2.49. The molecule has 1 heterocycles. The van der Waals surface area contributed by atoms with Crippen molar-refractivity contribution in [3.05, 3.63) is 28.7 Å². The number of nitrogens with zero attached hydrogens (tertiary/aromatic N) is 1. The SMILES string of the molecule is CC(C)C1CCCN1S(=O)(=O)c1ccccc1Br. The van der Waals surface area contributed by atoms with E-state index in [9.17, 15) is 8.42 Å². The van der Waals surface area contributed by atoms with E-state index in [0.29, 0.717) is 21.8 Å². The smallest absolute Gasteiger partial charge is 0.207 e. The fraction of sp³-hybridized carbons (Fsp3) is 0.538. The highest BCUT2D eigenvalue weighted by atomic mass is 79.9. The van der Waals surface area contributed by atoms with E-state index in [1.54, 1.807) is 22.5 Å². The van der Waals surface area contributed by atoms with Crippen molar-refractivity contribution in [2.45, 2.75) is 37.6 Å². The van der Waals surface area contributed by atoms with Crippen molar-refractivity contribution < 1.29 is 8.42 Å². The third-order valence-corrected chi connectivity index (χ3v) is 6.38. The molecule has 1 unspecified atom stereocenters. The maximum atomic E-state index is 12.7. The summed E-state index contributed by atoms with van der Waals surface area (Å²) in [5.41, 5.74) is 0. The molecule has 0 saturated carbocycles. The second-order valence-corrected chi connectivity index (χ2v) is 7.71. The summed E-state index contributed by atoms with van der Waals surface area (Å²) in [6.45, 7) is 4.80. The lowest BCUT2D eigenvalue weighted by Gasteiger charge is -2.27. The monoisotopic (exact) mass is 331 g/mol. The second kappa shape index (κ2) is 5.31. The fourth-order valence-corrected chi connectivity index (χ4v) is 5.30. The van der Waals surface area contributed by atoms with Gasteiger partial charge in [-0.2, -0.15) is 4.31 Å². The Bertz CT molecular complexity index is 528. The van der Waals surface area contributed by atoms with Gasteiger partial charge in [-0.05, 0) is 46.8 Å². The maximum Gasteiger partial charge on any atom is 0.244 e. The molecule has 2 rings (SSSR count). The summed E-state index contributed by atoms with van der Waals surface area (Å²) in [6, 6.07) is 7.15. The van der Waals surface area contributed by atoms with Crippen LogP contribution in [0.25, 0.3) is 0 Å². The average molecular weight is 332 g/mol. The van der Waals surface area contributed by atoms with Crippen LogP contribution in [0.3, 0.4) is 0 Å². The van der Waals surface area contributed by atoms with Crippen molar-refractivity contribution >= 4 is 26.0 Å². The summed E-state index contributed by atoms with van der Waals surface area (Å²) < 4.78 is 27.6. The molecular formula is C13H18BrNO2S. The van der Waals surface area contributed by atoms with E-state index in [0.717, 1.165) is 12.8 Å². The first-order valence-corrected chi connectivity index (χ1v) is 8.44. The Labute approximate surface area is 117 Å². The minimum absolute atomic E-state index is 0.127. The Morgan fingerprint density at radius 2 is 2.00 bits per heavy atom. The van der Waals surface area contributed by atoms with Crippen LogP contribution < -0.4 is 0 Å². The van der Waals surface area contributed by atoms with E-state index in [4.69, 9.17) is 0 Å². The first-order chi connectivity index (χ1) is 8.44. The highest BCUT2D eigenvalue weighted by Crippen LogP contribution is 2.32. The molecule has 1 fully saturated rings. The van der Waals surface area contributed by atoms with Crippen molar-refractivity contribution in [1.82, 2.24) is 4.31 Å². The molecule has 1 saturated heterocycles. The minimum atomic E-state index is -3.38. The first-order valence-electron chi connectivity index (χ1n) is 6.21. The molecule has 1 aliphatic heterocycles. The molecule has 100 valence electrons. The van der Waals surface area contributed by atoms with Gasteiger partial charge in [-0.1, -0.05) is 26.0 Å². The van der Waals surface area contributed by atoms with Gasteiger partial charge in [0.1, 0.15) is 0 Å². The van der Waals surface area contributed by atoms with Crippen molar-refractivity contribution in [3.8, 4) is 0 Å². The van der Waals surface area contributed by atoms with E-state index in [-0.39, 0.29) is 6.04 Å². The molecule has 0 amide bonds. The van der Waals surface area contributed by atoms with Crippen LogP contribution in [-0.4, -0.2) is 25.3 Å². The maximum absolute atomic E-state index is 12.7. The van der Waals surface area contributed by atoms with E-state index in [2.05, 4.69) is 29.8 Å². The molecule has 0 aliphatic carbocycles. The lowest BCUT2D eigenvalue weighted by Crippen LogP contribution is -2.38. The Balaban J connectivity index is 2.40. The molecule has 0 spiro atoms. The van der Waals surface area contributed by atoms with Gasteiger partial charge in [-0.3, -0.25) is 0 Å². The highest BCUT2D eigenvalue weighted by molar-refractivity contribution is 9.10. The van der Waals surface area contributed by atoms with Gasteiger partial charge in [0.15, 0.2) is 0 Å². The molecule has 1 aromatic carbocycles. The zero-order valence-corrected chi connectivity index (χ0v) is 13.0. The largest absolute Gasteiger partial charge is 0.244 e. The summed E-state index contributed by atoms with van der Waals surface area (Å²) in [7, 11) is -3.38. The lowest BCUT2D eigenvalue weighted by molar-refractivity contribution is 0.315. The molecule has 0 radical (unpaired) electrons. The number of hydrogen-bond donors (Lipinski definition) is 0. The van der Waals surface area contributed by atoms with Crippen LogP contribution in [0.5, 0.6) is 0 Å². The van der Waals surface area contributed by atoms with Gasteiger partial charge in [0.25, 0.3) is 0 Å². The molecular weight excluding hydrogens is 314 g/mol. The van der Waals surface area contributed by atoms with Gasteiger partial charge >= 0.3 is 0 Å². The number of sulfonamides is 1. The number of hydrogen-bond acceptors (Lipinski definition) is 2. The standard InChI is InChI=1S/C13H18BrNO2S/c1-10(2)12-7-5-9-15(12)18(16,17)13-8-4-3-6-11(13)14/h3-4,6,8,10,12H,5,7,9H2,1-2H3. The Morgan fingerprint density at radius 3 is 2.61 bits per heavy atom. The number of rotatable bonds is 3. The van der Waals surface area contributed by atoms with Gasteiger partial charge in [-0.25, -0.2) is 8.42 Å². The predicted octanol–water partition coefficient (Wildman–Crippen LogP) is 3.26. The number of halogens is 1. The van der Waals surface area contributed by atoms with Gasteiger partial charge in [0.05, 0.1) is 4.90 Å². The number of benzene rings is 1. The Hall–Kier alpha value is -0.390. The molecule has 0 aromatic heterocycles. The summed E-state index contributed by atoms with van der Waals surface area (Å²) in [4.78, 5) is 0.373.